The van der Waals surface area contributed by atoms with Crippen molar-refractivity contribution in [2.24, 2.45) is 0 Å². The Morgan fingerprint density at radius 1 is 1.02 bits per heavy atom. The average molecular weight is 557 g/mol. The van der Waals surface area contributed by atoms with E-state index in [1.807, 2.05) is 26.0 Å². The number of likely N-dealkylation sites (tertiary alicyclic amines) is 1. The number of anilines is 1. The van der Waals surface area contributed by atoms with Gasteiger partial charge in [0, 0.05) is 49.3 Å². The van der Waals surface area contributed by atoms with Crippen LogP contribution >= 0.6 is 0 Å². The predicted octanol–water partition coefficient (Wildman–Crippen LogP) is 3.53. The number of hydrogen-bond donors (Lipinski definition) is 1. The lowest BCUT2D eigenvalue weighted by atomic mass is 10.1. The number of hydrogen-bond acceptors (Lipinski definition) is 7. The standard InChI is InChI=1S/C30H36N8O3/c1-3-13-37-27-25(29(40)38(30(37)41)23-10-11-23)33-26(34-27)21-9-12-24(32-18-21)36(17-16-35-14-5-4-6-15-35)28(39)22-8-7-20(2)31-19-22/h7-9,12,18-19,23H,3-6,10-11,13-17H2,1-2H3,(H,33,34). The summed E-state index contributed by atoms with van der Waals surface area (Å²) in [6.07, 6.45) is 9.30. The lowest BCUT2D eigenvalue weighted by molar-refractivity contribution is 0.0981. The summed E-state index contributed by atoms with van der Waals surface area (Å²) in [6, 6.07) is 7.25. The van der Waals surface area contributed by atoms with E-state index in [1.54, 1.807) is 34.0 Å². The zero-order valence-corrected chi connectivity index (χ0v) is 23.7. The zero-order chi connectivity index (χ0) is 28.5. The molecule has 1 aliphatic carbocycles. The average Bonchev–Trinajstić information content (AvgIpc) is 3.73. The molecule has 11 nitrogen and oxygen atoms in total. The van der Waals surface area contributed by atoms with Crippen LogP contribution < -0.4 is 16.1 Å². The molecule has 0 unspecified atom stereocenters. The first kappa shape index (κ1) is 27.1. The highest BCUT2D eigenvalue weighted by atomic mass is 16.2. The van der Waals surface area contributed by atoms with E-state index < -0.39 is 0 Å². The summed E-state index contributed by atoms with van der Waals surface area (Å²) in [7, 11) is 0. The maximum Gasteiger partial charge on any atom is 0.333 e. The summed E-state index contributed by atoms with van der Waals surface area (Å²) in [6.45, 7) is 7.71. The molecule has 41 heavy (non-hydrogen) atoms. The second-order valence-corrected chi connectivity index (χ2v) is 11.1. The van der Waals surface area contributed by atoms with Gasteiger partial charge in [-0.1, -0.05) is 13.3 Å². The van der Waals surface area contributed by atoms with Gasteiger partial charge >= 0.3 is 5.69 Å². The lowest BCUT2D eigenvalue weighted by Crippen LogP contribution is -2.41. The van der Waals surface area contributed by atoms with Crippen molar-refractivity contribution in [3.8, 4) is 11.4 Å². The van der Waals surface area contributed by atoms with Gasteiger partial charge in [0.05, 0.1) is 5.56 Å². The fraction of sp³-hybridized carbons (Fsp3) is 0.467. The van der Waals surface area contributed by atoms with E-state index in [-0.39, 0.29) is 23.2 Å². The number of carbonyl (C=O) groups is 1. The molecule has 5 heterocycles. The molecule has 1 aliphatic heterocycles. The van der Waals surface area contributed by atoms with E-state index in [9.17, 15) is 14.4 Å². The van der Waals surface area contributed by atoms with Gasteiger partial charge in [0.2, 0.25) is 0 Å². The number of pyridine rings is 2. The first-order valence-corrected chi connectivity index (χ1v) is 14.6. The topological polar surface area (TPSA) is 122 Å². The molecule has 4 aromatic heterocycles. The molecule has 1 amide bonds. The summed E-state index contributed by atoms with van der Waals surface area (Å²) in [4.78, 5) is 60.8. The molecule has 2 fully saturated rings. The van der Waals surface area contributed by atoms with Gasteiger partial charge in [-0.15, -0.1) is 0 Å². The Hall–Kier alpha value is -4.12. The molecule has 1 saturated carbocycles. The van der Waals surface area contributed by atoms with E-state index in [0.29, 0.717) is 47.0 Å². The number of aromatic nitrogens is 6. The molecule has 1 N–H and O–H groups in total. The van der Waals surface area contributed by atoms with Gasteiger partial charge in [0.15, 0.2) is 5.65 Å². The molecule has 2 aliphatic rings. The Morgan fingerprint density at radius 2 is 1.83 bits per heavy atom. The molecular formula is C30H36N8O3. The summed E-state index contributed by atoms with van der Waals surface area (Å²) in [5.41, 5.74) is 2.09. The number of carbonyl (C=O) groups excluding carboxylic acids is 1. The summed E-state index contributed by atoms with van der Waals surface area (Å²) >= 11 is 0. The fourth-order valence-electron chi connectivity index (χ4n) is 5.53. The molecule has 0 radical (unpaired) electrons. The summed E-state index contributed by atoms with van der Waals surface area (Å²) in [5.74, 6) is 0.844. The third-order valence-electron chi connectivity index (χ3n) is 7.96. The SMILES string of the molecule is CCCn1c(=O)n(C2CC2)c(=O)c2[nH]c(-c3ccc(N(CCN4CCCCC4)C(=O)c4ccc(C)nc4)nc3)nc21. The second-order valence-electron chi connectivity index (χ2n) is 11.1. The minimum atomic E-state index is -0.329. The van der Waals surface area contributed by atoms with Crippen molar-refractivity contribution in [2.45, 2.75) is 65.0 Å². The number of piperidine rings is 1. The van der Waals surface area contributed by atoms with Crippen molar-refractivity contribution in [3.63, 3.8) is 0 Å². The van der Waals surface area contributed by atoms with Crippen LogP contribution in [-0.4, -0.2) is 66.1 Å². The first-order valence-electron chi connectivity index (χ1n) is 14.6. The molecule has 214 valence electrons. The van der Waals surface area contributed by atoms with Crippen LogP contribution in [0.15, 0.2) is 46.2 Å². The van der Waals surface area contributed by atoms with E-state index in [2.05, 4.69) is 24.8 Å². The van der Waals surface area contributed by atoms with Crippen LogP contribution in [0.25, 0.3) is 22.6 Å². The van der Waals surface area contributed by atoms with Gasteiger partial charge in [-0.05, 0) is 76.4 Å². The van der Waals surface area contributed by atoms with Gasteiger partial charge < -0.3 is 9.88 Å². The van der Waals surface area contributed by atoms with Gasteiger partial charge in [-0.2, -0.15) is 0 Å². The molecule has 4 aromatic rings. The monoisotopic (exact) mass is 556 g/mol. The van der Waals surface area contributed by atoms with E-state index in [4.69, 9.17) is 0 Å². The summed E-state index contributed by atoms with van der Waals surface area (Å²) in [5, 5.41) is 0. The smallest absolute Gasteiger partial charge is 0.332 e. The highest BCUT2D eigenvalue weighted by Crippen LogP contribution is 2.32. The van der Waals surface area contributed by atoms with Crippen molar-refractivity contribution >= 4 is 22.9 Å². The predicted molar refractivity (Wildman–Crippen MR) is 157 cm³/mol. The minimum Gasteiger partial charge on any atom is -0.332 e. The van der Waals surface area contributed by atoms with E-state index >= 15 is 0 Å². The number of aromatic amines is 1. The fourth-order valence-corrected chi connectivity index (χ4v) is 5.53. The molecule has 6 rings (SSSR count). The number of amides is 1. The van der Waals surface area contributed by atoms with Crippen LogP contribution in [0.3, 0.4) is 0 Å². The maximum absolute atomic E-state index is 13.6. The third kappa shape index (κ3) is 5.46. The normalized spacial score (nSPS) is 15.9. The van der Waals surface area contributed by atoms with Crippen molar-refractivity contribution in [1.29, 1.82) is 0 Å². The third-order valence-corrected chi connectivity index (χ3v) is 7.96. The van der Waals surface area contributed by atoms with Gasteiger partial charge in [-0.3, -0.25) is 28.6 Å². The zero-order valence-electron chi connectivity index (χ0n) is 23.7. The van der Waals surface area contributed by atoms with Crippen LogP contribution in [0.4, 0.5) is 5.82 Å². The lowest BCUT2D eigenvalue weighted by Gasteiger charge is -2.29. The molecule has 11 heteroatoms. The van der Waals surface area contributed by atoms with Crippen LogP contribution in [-0.2, 0) is 6.54 Å². The quantitative estimate of drug-likeness (QED) is 0.335. The largest absolute Gasteiger partial charge is 0.333 e. The number of imidazole rings is 1. The van der Waals surface area contributed by atoms with Gasteiger partial charge in [-0.25, -0.2) is 14.8 Å². The number of nitrogens with one attached hydrogen (secondary N) is 1. The Bertz CT molecular complexity index is 1660. The Labute approximate surface area is 237 Å². The van der Waals surface area contributed by atoms with Gasteiger partial charge in [0.1, 0.15) is 17.2 Å². The van der Waals surface area contributed by atoms with Crippen LogP contribution in [0, 0.1) is 6.92 Å². The number of rotatable bonds is 9. The van der Waals surface area contributed by atoms with Crippen LogP contribution in [0.2, 0.25) is 0 Å². The molecule has 0 aromatic carbocycles. The minimum absolute atomic E-state index is 0.0348. The number of fused-ring (bicyclic) bond motifs is 1. The van der Waals surface area contributed by atoms with Crippen molar-refractivity contribution in [1.82, 2.24) is 34.0 Å². The van der Waals surface area contributed by atoms with Crippen LogP contribution in [0.1, 0.15) is 67.5 Å². The Morgan fingerprint density at radius 3 is 2.49 bits per heavy atom. The molecule has 1 saturated heterocycles. The van der Waals surface area contributed by atoms with E-state index in [0.717, 1.165) is 44.6 Å². The Kier molecular flexibility index (Phi) is 7.53. The molecule has 0 bridgehead atoms. The van der Waals surface area contributed by atoms with Crippen LogP contribution in [0.5, 0.6) is 0 Å². The van der Waals surface area contributed by atoms with Crippen molar-refractivity contribution in [3.05, 3.63) is 68.8 Å². The molecular weight excluding hydrogens is 520 g/mol. The maximum atomic E-state index is 13.6. The molecule has 0 spiro atoms. The number of aryl methyl sites for hydroxylation is 2. The van der Waals surface area contributed by atoms with Crippen molar-refractivity contribution < 1.29 is 4.79 Å². The van der Waals surface area contributed by atoms with Crippen molar-refractivity contribution in [2.75, 3.05) is 31.1 Å². The number of nitrogens with zero attached hydrogens (tertiary/aromatic N) is 7. The highest BCUT2D eigenvalue weighted by Gasteiger charge is 2.30. The summed E-state index contributed by atoms with van der Waals surface area (Å²) < 4.78 is 2.96. The van der Waals surface area contributed by atoms with Gasteiger partial charge in [0.25, 0.3) is 11.5 Å². The first-order chi connectivity index (χ1) is 19.9. The second kappa shape index (κ2) is 11.4. The van der Waals surface area contributed by atoms with E-state index in [1.165, 1.54) is 23.8 Å². The highest BCUT2D eigenvalue weighted by molar-refractivity contribution is 6.05. The molecule has 0 atom stereocenters. The Balaban J connectivity index is 1.32. The number of H-pyrrole nitrogens is 1.